The molecule has 28 heavy (non-hydrogen) atoms. The summed E-state index contributed by atoms with van der Waals surface area (Å²) >= 11 is 0. The van der Waals surface area contributed by atoms with Crippen LogP contribution in [0, 0.1) is 6.92 Å². The second-order valence-corrected chi connectivity index (χ2v) is 8.83. The molecule has 0 aliphatic carbocycles. The summed E-state index contributed by atoms with van der Waals surface area (Å²) < 4.78 is 25.1. The molecular weight excluding hydrogens is 370 g/mol. The number of nitrogens with one attached hydrogen (secondary N) is 1. The highest BCUT2D eigenvalue weighted by molar-refractivity contribution is 7.91. The first kappa shape index (κ1) is 24.2. The SMILES string of the molecule is CCCCNCCC.CCCc1cc(S(=O)(=O)c2ccccc2O)ccc1C. The van der Waals surface area contributed by atoms with E-state index >= 15 is 0 Å². The number of rotatable bonds is 9. The van der Waals surface area contributed by atoms with Crippen molar-refractivity contribution < 1.29 is 13.5 Å². The van der Waals surface area contributed by atoms with Gasteiger partial charge in [-0.3, -0.25) is 0 Å². The predicted molar refractivity (Wildman–Crippen MR) is 117 cm³/mol. The molecule has 0 aromatic heterocycles. The molecule has 4 nitrogen and oxygen atoms in total. The van der Waals surface area contributed by atoms with Crippen LogP contribution in [0.5, 0.6) is 5.75 Å². The lowest BCUT2D eigenvalue weighted by molar-refractivity contribution is 0.459. The minimum Gasteiger partial charge on any atom is -0.507 e. The Labute approximate surface area is 170 Å². The van der Waals surface area contributed by atoms with Crippen molar-refractivity contribution in [2.45, 2.75) is 69.6 Å². The number of hydrogen-bond acceptors (Lipinski definition) is 4. The van der Waals surface area contributed by atoms with Crippen LogP contribution in [0.1, 0.15) is 57.6 Å². The van der Waals surface area contributed by atoms with E-state index in [9.17, 15) is 13.5 Å². The van der Waals surface area contributed by atoms with Gasteiger partial charge in [0.25, 0.3) is 0 Å². The summed E-state index contributed by atoms with van der Waals surface area (Å²) in [6.45, 7) is 10.8. The zero-order chi connectivity index (χ0) is 21.0. The molecule has 2 aromatic carbocycles. The first-order valence-electron chi connectivity index (χ1n) is 10.2. The summed E-state index contributed by atoms with van der Waals surface area (Å²) in [6.07, 6.45) is 5.68. The van der Waals surface area contributed by atoms with Crippen molar-refractivity contribution in [1.82, 2.24) is 5.32 Å². The Kier molecular flexibility index (Phi) is 10.9. The number of benzene rings is 2. The van der Waals surface area contributed by atoms with E-state index in [1.54, 1.807) is 24.3 Å². The standard InChI is InChI=1S/C16H18O3S.C7H17N/c1-3-6-13-11-14(10-9-12(13)2)20(18,19)16-8-5-4-7-15(16)17;1-3-5-7-8-6-4-2/h4-5,7-11,17H,3,6H2,1-2H3;8H,3-7H2,1-2H3. The highest BCUT2D eigenvalue weighted by Gasteiger charge is 2.21. The number of phenolic OH excluding ortho intramolecular Hbond substituents is 1. The number of aryl methyl sites for hydroxylation is 2. The molecule has 0 aliphatic heterocycles. The lowest BCUT2D eigenvalue weighted by atomic mass is 10.0. The quantitative estimate of drug-likeness (QED) is 0.558. The van der Waals surface area contributed by atoms with Gasteiger partial charge in [0.15, 0.2) is 0 Å². The zero-order valence-corrected chi connectivity index (χ0v) is 18.5. The van der Waals surface area contributed by atoms with Crippen LogP contribution in [0.2, 0.25) is 0 Å². The summed E-state index contributed by atoms with van der Waals surface area (Å²) in [5.74, 6) is -0.217. The Hall–Kier alpha value is -1.85. The molecule has 2 rings (SSSR count). The molecule has 0 unspecified atom stereocenters. The highest BCUT2D eigenvalue weighted by atomic mass is 32.2. The molecule has 0 atom stereocenters. The fourth-order valence-corrected chi connectivity index (χ4v) is 4.17. The van der Waals surface area contributed by atoms with E-state index in [-0.39, 0.29) is 15.5 Å². The normalized spacial score (nSPS) is 11.0. The third-order valence-corrected chi connectivity index (χ3v) is 6.24. The molecule has 0 fully saturated rings. The third-order valence-electron chi connectivity index (χ3n) is 4.44. The van der Waals surface area contributed by atoms with Gasteiger partial charge in [0.2, 0.25) is 9.84 Å². The fraction of sp³-hybridized carbons (Fsp3) is 0.478. The molecule has 0 heterocycles. The first-order chi connectivity index (χ1) is 13.4. The van der Waals surface area contributed by atoms with Gasteiger partial charge >= 0.3 is 0 Å². The van der Waals surface area contributed by atoms with Crippen LogP contribution in [-0.2, 0) is 16.3 Å². The van der Waals surface area contributed by atoms with E-state index < -0.39 is 9.84 Å². The van der Waals surface area contributed by atoms with Crippen molar-refractivity contribution in [2.75, 3.05) is 13.1 Å². The minimum absolute atomic E-state index is 0.0497. The Balaban J connectivity index is 0.000000416. The van der Waals surface area contributed by atoms with E-state index in [0.717, 1.165) is 24.0 Å². The van der Waals surface area contributed by atoms with E-state index in [4.69, 9.17) is 0 Å². The van der Waals surface area contributed by atoms with Gasteiger partial charge in [-0.1, -0.05) is 51.8 Å². The Bertz CT molecular complexity index is 810. The molecule has 2 N–H and O–H groups in total. The molecule has 156 valence electrons. The minimum atomic E-state index is -3.68. The summed E-state index contributed by atoms with van der Waals surface area (Å²) in [4.78, 5) is 0.180. The van der Waals surface area contributed by atoms with Gasteiger partial charge < -0.3 is 10.4 Å². The number of hydrogen-bond donors (Lipinski definition) is 2. The van der Waals surface area contributed by atoms with Crippen LogP contribution in [0.4, 0.5) is 0 Å². The maximum absolute atomic E-state index is 12.6. The molecule has 0 radical (unpaired) electrons. The second kappa shape index (κ2) is 12.6. The molecule has 5 heteroatoms. The average Bonchev–Trinajstić information content (AvgIpc) is 2.68. The van der Waals surface area contributed by atoms with Gasteiger partial charge in [-0.15, -0.1) is 0 Å². The molecule has 0 aliphatic rings. The second-order valence-electron chi connectivity index (χ2n) is 6.91. The first-order valence-corrected chi connectivity index (χ1v) is 11.7. The van der Waals surface area contributed by atoms with E-state index in [2.05, 4.69) is 26.1 Å². The van der Waals surface area contributed by atoms with Gasteiger partial charge in [-0.25, -0.2) is 8.42 Å². The van der Waals surface area contributed by atoms with Crippen molar-refractivity contribution >= 4 is 9.84 Å². The number of sulfone groups is 1. The van der Waals surface area contributed by atoms with Crippen LogP contribution in [0.15, 0.2) is 52.3 Å². The van der Waals surface area contributed by atoms with Crippen LogP contribution in [0.25, 0.3) is 0 Å². The van der Waals surface area contributed by atoms with Gasteiger partial charge in [-0.05, 0) is 74.7 Å². The van der Waals surface area contributed by atoms with Gasteiger partial charge in [-0.2, -0.15) is 0 Å². The topological polar surface area (TPSA) is 66.4 Å². The van der Waals surface area contributed by atoms with E-state index in [0.29, 0.717) is 0 Å². The maximum Gasteiger partial charge on any atom is 0.210 e. The Morgan fingerprint density at radius 3 is 2.25 bits per heavy atom. The van der Waals surface area contributed by atoms with Crippen molar-refractivity contribution in [1.29, 1.82) is 0 Å². The van der Waals surface area contributed by atoms with Crippen molar-refractivity contribution in [3.63, 3.8) is 0 Å². The molecule has 0 spiro atoms. The summed E-state index contributed by atoms with van der Waals surface area (Å²) in [6, 6.07) is 11.1. The Morgan fingerprint density at radius 1 is 0.929 bits per heavy atom. The summed E-state index contributed by atoms with van der Waals surface area (Å²) in [7, 11) is -3.68. The Morgan fingerprint density at radius 2 is 1.64 bits per heavy atom. The summed E-state index contributed by atoms with van der Waals surface area (Å²) in [5.41, 5.74) is 2.12. The van der Waals surface area contributed by atoms with E-state index in [1.807, 2.05) is 13.0 Å². The molecule has 0 amide bonds. The maximum atomic E-state index is 12.6. The predicted octanol–water partition coefficient (Wildman–Crippen LogP) is 5.27. The van der Waals surface area contributed by atoms with Crippen LogP contribution >= 0.6 is 0 Å². The monoisotopic (exact) mass is 405 g/mol. The highest BCUT2D eigenvalue weighted by Crippen LogP contribution is 2.29. The van der Waals surface area contributed by atoms with Crippen molar-refractivity contribution in [3.05, 3.63) is 53.6 Å². The van der Waals surface area contributed by atoms with Crippen LogP contribution in [-0.4, -0.2) is 26.6 Å². The van der Waals surface area contributed by atoms with Crippen molar-refractivity contribution in [2.24, 2.45) is 0 Å². The third kappa shape index (κ3) is 7.28. The van der Waals surface area contributed by atoms with Gasteiger partial charge in [0.05, 0.1) is 4.90 Å². The molecular formula is C23H35NO3S. The van der Waals surface area contributed by atoms with Gasteiger partial charge in [0, 0.05) is 0 Å². The smallest absolute Gasteiger partial charge is 0.210 e. The molecule has 0 saturated carbocycles. The lowest BCUT2D eigenvalue weighted by Crippen LogP contribution is -2.15. The molecule has 2 aromatic rings. The zero-order valence-electron chi connectivity index (χ0n) is 17.7. The number of para-hydroxylation sites is 1. The number of aromatic hydroxyl groups is 1. The van der Waals surface area contributed by atoms with Crippen molar-refractivity contribution in [3.8, 4) is 5.75 Å². The van der Waals surface area contributed by atoms with Crippen LogP contribution in [0.3, 0.4) is 0 Å². The lowest BCUT2D eigenvalue weighted by Gasteiger charge is -2.10. The number of unbranched alkanes of at least 4 members (excludes halogenated alkanes) is 1. The fourth-order valence-electron chi connectivity index (χ4n) is 2.77. The number of phenols is 1. The molecule has 0 saturated heterocycles. The van der Waals surface area contributed by atoms with Crippen LogP contribution < -0.4 is 5.32 Å². The van der Waals surface area contributed by atoms with Gasteiger partial charge in [0.1, 0.15) is 10.6 Å². The average molecular weight is 406 g/mol. The largest absolute Gasteiger partial charge is 0.507 e. The molecule has 0 bridgehead atoms. The van der Waals surface area contributed by atoms with E-state index in [1.165, 1.54) is 44.5 Å². The summed E-state index contributed by atoms with van der Waals surface area (Å²) in [5, 5.41) is 13.1.